The molecule has 0 unspecified atom stereocenters. The molecule has 130 valence electrons. The molecule has 4 heteroatoms. The van der Waals surface area contributed by atoms with Crippen molar-refractivity contribution in [2.24, 2.45) is 0 Å². The maximum atomic E-state index is 12.3. The molecule has 1 amide bonds. The van der Waals surface area contributed by atoms with Crippen molar-refractivity contribution in [3.05, 3.63) is 78.1 Å². The molecule has 4 rings (SSSR count). The van der Waals surface area contributed by atoms with E-state index in [1.807, 2.05) is 12.1 Å². The fraction of sp³-hybridized carbons (Fsp3) is 0.182. The van der Waals surface area contributed by atoms with E-state index in [1.54, 1.807) is 12.4 Å². The smallest absolute Gasteiger partial charge is 0.224 e. The number of rotatable bonds is 5. The van der Waals surface area contributed by atoms with Crippen LogP contribution in [0, 0.1) is 0 Å². The van der Waals surface area contributed by atoms with Crippen molar-refractivity contribution in [1.82, 2.24) is 14.9 Å². The number of aromatic nitrogens is 2. The summed E-state index contributed by atoms with van der Waals surface area (Å²) in [5, 5.41) is 5.43. The zero-order valence-corrected chi connectivity index (χ0v) is 14.8. The molecule has 2 aromatic carbocycles. The maximum Gasteiger partial charge on any atom is 0.224 e. The molecular formula is C22H21N3O. The molecule has 0 saturated heterocycles. The number of pyridine rings is 1. The van der Waals surface area contributed by atoms with Crippen LogP contribution in [0.5, 0.6) is 0 Å². The van der Waals surface area contributed by atoms with Crippen molar-refractivity contribution in [2.45, 2.75) is 26.4 Å². The van der Waals surface area contributed by atoms with Crippen molar-refractivity contribution >= 4 is 27.7 Å². The number of nitrogens with one attached hydrogen (secondary N) is 1. The van der Waals surface area contributed by atoms with E-state index in [2.05, 4.69) is 64.3 Å². The molecule has 4 aromatic rings. The first-order valence-electron chi connectivity index (χ1n) is 8.91. The van der Waals surface area contributed by atoms with Crippen molar-refractivity contribution in [3.8, 4) is 0 Å². The van der Waals surface area contributed by atoms with Gasteiger partial charge in [0.2, 0.25) is 5.91 Å². The van der Waals surface area contributed by atoms with Crippen LogP contribution in [-0.4, -0.2) is 15.5 Å². The van der Waals surface area contributed by atoms with Crippen molar-refractivity contribution in [3.63, 3.8) is 0 Å². The molecule has 0 aliphatic heterocycles. The molecule has 0 saturated carbocycles. The van der Waals surface area contributed by atoms with E-state index in [4.69, 9.17) is 0 Å². The molecule has 0 bridgehead atoms. The van der Waals surface area contributed by atoms with Crippen molar-refractivity contribution in [1.29, 1.82) is 0 Å². The molecule has 1 N–H and O–H groups in total. The molecule has 2 heterocycles. The number of hydrogen-bond acceptors (Lipinski definition) is 2. The van der Waals surface area contributed by atoms with Gasteiger partial charge in [-0.2, -0.15) is 0 Å². The summed E-state index contributed by atoms with van der Waals surface area (Å²) in [6, 6.07) is 18.6. The van der Waals surface area contributed by atoms with Crippen LogP contribution < -0.4 is 5.32 Å². The van der Waals surface area contributed by atoms with Gasteiger partial charge in [0.15, 0.2) is 0 Å². The van der Waals surface area contributed by atoms with Crippen LogP contribution in [0.2, 0.25) is 0 Å². The number of fused-ring (bicyclic) bond motifs is 3. The van der Waals surface area contributed by atoms with E-state index in [0.29, 0.717) is 13.0 Å². The standard InChI is InChI=1S/C22H21N3O/c1-2-25-20-6-4-3-5-18(20)19-13-17(7-8-21(19)25)14-22(26)24-15-16-9-11-23-12-10-16/h3-13H,2,14-15H2,1H3,(H,24,26). The van der Waals surface area contributed by atoms with Crippen LogP contribution in [0.1, 0.15) is 18.1 Å². The van der Waals surface area contributed by atoms with Gasteiger partial charge >= 0.3 is 0 Å². The average Bonchev–Trinajstić information content (AvgIpc) is 3.00. The molecule has 0 radical (unpaired) electrons. The van der Waals surface area contributed by atoms with Crippen LogP contribution in [0.3, 0.4) is 0 Å². The lowest BCUT2D eigenvalue weighted by Gasteiger charge is -2.06. The van der Waals surface area contributed by atoms with Gasteiger partial charge in [0.05, 0.1) is 6.42 Å². The molecule has 0 aliphatic rings. The second kappa shape index (κ2) is 7.00. The predicted molar refractivity (Wildman–Crippen MR) is 105 cm³/mol. The Morgan fingerprint density at radius 3 is 2.54 bits per heavy atom. The Kier molecular flexibility index (Phi) is 4.40. The topological polar surface area (TPSA) is 46.9 Å². The van der Waals surface area contributed by atoms with Gasteiger partial charge in [0.25, 0.3) is 0 Å². The average molecular weight is 343 g/mol. The molecule has 4 nitrogen and oxygen atoms in total. The minimum Gasteiger partial charge on any atom is -0.352 e. The lowest BCUT2D eigenvalue weighted by atomic mass is 10.1. The summed E-state index contributed by atoms with van der Waals surface area (Å²) in [5.74, 6) is 0.0281. The molecule has 0 spiro atoms. The fourth-order valence-electron chi connectivity index (χ4n) is 3.50. The molecule has 0 fully saturated rings. The fourth-order valence-corrected chi connectivity index (χ4v) is 3.50. The zero-order chi connectivity index (χ0) is 17.9. The molecule has 26 heavy (non-hydrogen) atoms. The van der Waals surface area contributed by atoms with E-state index in [1.165, 1.54) is 21.8 Å². The highest BCUT2D eigenvalue weighted by Gasteiger charge is 2.11. The van der Waals surface area contributed by atoms with E-state index in [0.717, 1.165) is 17.7 Å². The van der Waals surface area contributed by atoms with Crippen LogP contribution in [-0.2, 0) is 24.3 Å². The highest BCUT2D eigenvalue weighted by Crippen LogP contribution is 2.29. The van der Waals surface area contributed by atoms with Crippen molar-refractivity contribution < 1.29 is 4.79 Å². The van der Waals surface area contributed by atoms with Crippen LogP contribution in [0.25, 0.3) is 21.8 Å². The van der Waals surface area contributed by atoms with Gasteiger partial charge in [0, 0.05) is 47.3 Å². The van der Waals surface area contributed by atoms with Gasteiger partial charge in [-0.15, -0.1) is 0 Å². The predicted octanol–water partition coefficient (Wildman–Crippen LogP) is 4.07. The highest BCUT2D eigenvalue weighted by molar-refractivity contribution is 6.08. The SMILES string of the molecule is CCn1c2ccccc2c2cc(CC(=O)NCc3ccncc3)ccc21. The summed E-state index contributed by atoms with van der Waals surface area (Å²) in [6.45, 7) is 3.61. The lowest BCUT2D eigenvalue weighted by Crippen LogP contribution is -2.24. The second-order valence-electron chi connectivity index (χ2n) is 6.42. The number of carbonyl (C=O) groups excluding carboxylic acids is 1. The van der Waals surface area contributed by atoms with E-state index in [-0.39, 0.29) is 5.91 Å². The first-order valence-corrected chi connectivity index (χ1v) is 8.91. The number of hydrogen-bond donors (Lipinski definition) is 1. The monoisotopic (exact) mass is 343 g/mol. The van der Waals surface area contributed by atoms with Gasteiger partial charge in [-0.05, 0) is 48.4 Å². The minimum atomic E-state index is 0.0281. The quantitative estimate of drug-likeness (QED) is 0.594. The summed E-state index contributed by atoms with van der Waals surface area (Å²) >= 11 is 0. The number of amides is 1. The van der Waals surface area contributed by atoms with Gasteiger partial charge in [-0.3, -0.25) is 9.78 Å². The normalized spacial score (nSPS) is 11.1. The minimum absolute atomic E-state index is 0.0281. The van der Waals surface area contributed by atoms with Gasteiger partial charge < -0.3 is 9.88 Å². The number of nitrogens with zero attached hydrogens (tertiary/aromatic N) is 2. The summed E-state index contributed by atoms with van der Waals surface area (Å²) in [5.41, 5.74) is 4.54. The Balaban J connectivity index is 1.57. The van der Waals surface area contributed by atoms with E-state index in [9.17, 15) is 4.79 Å². The Morgan fingerprint density at radius 2 is 1.73 bits per heavy atom. The summed E-state index contributed by atoms with van der Waals surface area (Å²) < 4.78 is 2.32. The summed E-state index contributed by atoms with van der Waals surface area (Å²) in [6.07, 6.45) is 3.85. The Bertz CT molecular complexity index is 1070. The molecule has 0 aliphatic carbocycles. The van der Waals surface area contributed by atoms with Gasteiger partial charge in [-0.1, -0.05) is 24.3 Å². The molecule has 2 aromatic heterocycles. The third-order valence-corrected chi connectivity index (χ3v) is 4.76. The molecule has 0 atom stereocenters. The molecular weight excluding hydrogens is 322 g/mol. The van der Waals surface area contributed by atoms with Crippen molar-refractivity contribution in [2.75, 3.05) is 0 Å². The zero-order valence-electron chi connectivity index (χ0n) is 14.8. The first kappa shape index (κ1) is 16.3. The largest absolute Gasteiger partial charge is 0.352 e. The third-order valence-electron chi connectivity index (χ3n) is 4.76. The van der Waals surface area contributed by atoms with Crippen LogP contribution >= 0.6 is 0 Å². The Hall–Kier alpha value is -3.14. The Labute approximate surface area is 152 Å². The Morgan fingerprint density at radius 1 is 0.962 bits per heavy atom. The number of carbonyl (C=O) groups is 1. The van der Waals surface area contributed by atoms with Gasteiger partial charge in [0.1, 0.15) is 0 Å². The summed E-state index contributed by atoms with van der Waals surface area (Å²) in [4.78, 5) is 16.3. The maximum absolute atomic E-state index is 12.3. The third kappa shape index (κ3) is 3.06. The van der Waals surface area contributed by atoms with Gasteiger partial charge in [-0.25, -0.2) is 0 Å². The second-order valence-corrected chi connectivity index (χ2v) is 6.42. The number of benzene rings is 2. The summed E-state index contributed by atoms with van der Waals surface area (Å²) in [7, 11) is 0. The van der Waals surface area contributed by atoms with Crippen LogP contribution in [0.15, 0.2) is 67.0 Å². The number of aryl methyl sites for hydroxylation is 1. The highest BCUT2D eigenvalue weighted by atomic mass is 16.1. The number of para-hydroxylation sites is 1. The van der Waals surface area contributed by atoms with E-state index < -0.39 is 0 Å². The van der Waals surface area contributed by atoms with Crippen LogP contribution in [0.4, 0.5) is 0 Å². The lowest BCUT2D eigenvalue weighted by molar-refractivity contribution is -0.120. The first-order chi connectivity index (χ1) is 12.8. The van der Waals surface area contributed by atoms with E-state index >= 15 is 0 Å².